The molecule has 2 aliphatic rings. The van der Waals surface area contributed by atoms with Gasteiger partial charge in [0.2, 0.25) is 0 Å². The SMILES string of the molecule is O=C(O)CCc1ccc(OCC2=C(C3CCCC3)CCC2)cc1Cl. The van der Waals surface area contributed by atoms with Crippen molar-refractivity contribution in [2.45, 2.75) is 57.8 Å². The highest BCUT2D eigenvalue weighted by molar-refractivity contribution is 6.31. The van der Waals surface area contributed by atoms with Crippen LogP contribution in [0.25, 0.3) is 0 Å². The first-order chi connectivity index (χ1) is 11.6. The fraction of sp³-hybridized carbons (Fsp3) is 0.550. The number of halogens is 1. The van der Waals surface area contributed by atoms with Crippen LogP contribution >= 0.6 is 11.6 Å². The number of carbonyl (C=O) groups is 1. The van der Waals surface area contributed by atoms with Crippen molar-refractivity contribution in [3.8, 4) is 5.75 Å². The molecule has 0 unspecified atom stereocenters. The molecule has 1 N–H and O–H groups in total. The second-order valence-corrected chi connectivity index (χ2v) is 7.31. The lowest BCUT2D eigenvalue weighted by Gasteiger charge is -2.15. The van der Waals surface area contributed by atoms with E-state index < -0.39 is 5.97 Å². The fourth-order valence-corrected chi connectivity index (χ4v) is 4.26. The molecular formula is C20H25ClO3. The third-order valence-electron chi connectivity index (χ3n) is 5.27. The van der Waals surface area contributed by atoms with Gasteiger partial charge in [-0.15, -0.1) is 0 Å². The van der Waals surface area contributed by atoms with Gasteiger partial charge in [-0.1, -0.05) is 36.1 Å². The lowest BCUT2D eigenvalue weighted by molar-refractivity contribution is -0.136. The Labute approximate surface area is 148 Å². The maximum Gasteiger partial charge on any atom is 0.303 e. The van der Waals surface area contributed by atoms with E-state index in [1.165, 1.54) is 44.1 Å². The van der Waals surface area contributed by atoms with E-state index >= 15 is 0 Å². The molecule has 130 valence electrons. The molecule has 0 aliphatic heterocycles. The zero-order valence-electron chi connectivity index (χ0n) is 14.0. The molecule has 1 aromatic carbocycles. The zero-order valence-corrected chi connectivity index (χ0v) is 14.8. The maximum absolute atomic E-state index is 10.7. The van der Waals surface area contributed by atoms with Gasteiger partial charge in [-0.2, -0.15) is 0 Å². The average Bonchev–Trinajstić information content (AvgIpc) is 3.22. The first kappa shape index (κ1) is 17.3. The van der Waals surface area contributed by atoms with E-state index in [0.717, 1.165) is 23.7 Å². The second kappa shape index (κ2) is 8.06. The van der Waals surface area contributed by atoms with E-state index in [1.807, 2.05) is 18.2 Å². The Morgan fingerprint density at radius 1 is 1.21 bits per heavy atom. The molecule has 1 aromatic rings. The molecular weight excluding hydrogens is 324 g/mol. The topological polar surface area (TPSA) is 46.5 Å². The smallest absolute Gasteiger partial charge is 0.303 e. The molecule has 24 heavy (non-hydrogen) atoms. The van der Waals surface area contributed by atoms with Gasteiger partial charge in [-0.3, -0.25) is 4.79 Å². The minimum atomic E-state index is -0.806. The highest BCUT2D eigenvalue weighted by atomic mass is 35.5. The monoisotopic (exact) mass is 348 g/mol. The van der Waals surface area contributed by atoms with E-state index in [4.69, 9.17) is 21.4 Å². The number of hydrogen-bond acceptors (Lipinski definition) is 2. The van der Waals surface area contributed by atoms with Gasteiger partial charge >= 0.3 is 5.97 Å². The molecule has 0 spiro atoms. The summed E-state index contributed by atoms with van der Waals surface area (Å²) >= 11 is 6.26. The molecule has 0 saturated heterocycles. The molecule has 2 aliphatic carbocycles. The maximum atomic E-state index is 10.7. The largest absolute Gasteiger partial charge is 0.489 e. The van der Waals surface area contributed by atoms with Gasteiger partial charge in [0.25, 0.3) is 0 Å². The van der Waals surface area contributed by atoms with Crippen LogP contribution in [0.1, 0.15) is 56.9 Å². The summed E-state index contributed by atoms with van der Waals surface area (Å²) in [6.45, 7) is 0.663. The van der Waals surface area contributed by atoms with Crippen LogP contribution in [0, 0.1) is 5.92 Å². The Kier molecular flexibility index (Phi) is 5.83. The molecule has 0 atom stereocenters. The third-order valence-corrected chi connectivity index (χ3v) is 5.62. The molecule has 0 bridgehead atoms. The van der Waals surface area contributed by atoms with Crippen molar-refractivity contribution in [2.24, 2.45) is 5.92 Å². The molecule has 1 fully saturated rings. The molecule has 0 radical (unpaired) electrons. The number of carboxylic acid groups (broad SMARTS) is 1. The van der Waals surface area contributed by atoms with Gasteiger partial charge in [0.15, 0.2) is 0 Å². The van der Waals surface area contributed by atoms with Crippen molar-refractivity contribution >= 4 is 17.6 Å². The summed E-state index contributed by atoms with van der Waals surface area (Å²) in [7, 11) is 0. The van der Waals surface area contributed by atoms with Crippen LogP contribution in [0.3, 0.4) is 0 Å². The lowest BCUT2D eigenvalue weighted by Crippen LogP contribution is -2.06. The highest BCUT2D eigenvalue weighted by Gasteiger charge is 2.25. The van der Waals surface area contributed by atoms with Crippen LogP contribution in [0.15, 0.2) is 29.3 Å². The molecule has 0 aromatic heterocycles. The second-order valence-electron chi connectivity index (χ2n) is 6.90. The summed E-state index contributed by atoms with van der Waals surface area (Å²) in [6, 6.07) is 5.58. The van der Waals surface area contributed by atoms with E-state index in [2.05, 4.69) is 0 Å². The molecule has 3 rings (SSSR count). The van der Waals surface area contributed by atoms with E-state index in [0.29, 0.717) is 18.1 Å². The summed E-state index contributed by atoms with van der Waals surface area (Å²) in [6.07, 6.45) is 9.66. The highest BCUT2D eigenvalue weighted by Crippen LogP contribution is 2.40. The predicted molar refractivity (Wildman–Crippen MR) is 95.7 cm³/mol. The number of aliphatic carboxylic acids is 1. The van der Waals surface area contributed by atoms with Crippen molar-refractivity contribution < 1.29 is 14.6 Å². The normalized spacial score (nSPS) is 18.4. The summed E-state index contributed by atoms with van der Waals surface area (Å²) in [4.78, 5) is 10.7. The minimum Gasteiger partial charge on any atom is -0.489 e. The van der Waals surface area contributed by atoms with Gasteiger partial charge in [0.05, 0.1) is 0 Å². The lowest BCUT2D eigenvalue weighted by atomic mass is 9.94. The van der Waals surface area contributed by atoms with Crippen molar-refractivity contribution in [3.63, 3.8) is 0 Å². The number of allylic oxidation sites excluding steroid dienone is 1. The molecule has 1 saturated carbocycles. The number of aryl methyl sites for hydroxylation is 1. The Bertz CT molecular complexity index is 630. The van der Waals surface area contributed by atoms with E-state index in [9.17, 15) is 4.79 Å². The van der Waals surface area contributed by atoms with Gasteiger partial charge < -0.3 is 9.84 Å². The van der Waals surface area contributed by atoms with Crippen molar-refractivity contribution in [3.05, 3.63) is 39.9 Å². The molecule has 0 heterocycles. The van der Waals surface area contributed by atoms with Gasteiger partial charge in [0, 0.05) is 11.4 Å². The molecule has 3 nitrogen and oxygen atoms in total. The van der Waals surface area contributed by atoms with Crippen LogP contribution in [0.4, 0.5) is 0 Å². The molecule has 0 amide bonds. The first-order valence-corrected chi connectivity index (χ1v) is 9.35. The first-order valence-electron chi connectivity index (χ1n) is 8.97. The summed E-state index contributed by atoms with van der Waals surface area (Å²) in [5.74, 6) is 0.760. The van der Waals surface area contributed by atoms with Crippen LogP contribution in [-0.2, 0) is 11.2 Å². The van der Waals surface area contributed by atoms with Crippen molar-refractivity contribution in [1.29, 1.82) is 0 Å². The minimum absolute atomic E-state index is 0.0948. The predicted octanol–water partition coefficient (Wildman–Crippen LogP) is 5.41. The van der Waals surface area contributed by atoms with E-state index in [1.54, 1.807) is 5.57 Å². The number of benzene rings is 1. The van der Waals surface area contributed by atoms with Gasteiger partial charge in [-0.25, -0.2) is 0 Å². The number of carboxylic acids is 1. The van der Waals surface area contributed by atoms with Crippen LogP contribution in [0.2, 0.25) is 5.02 Å². The zero-order chi connectivity index (χ0) is 16.9. The Morgan fingerprint density at radius 3 is 2.71 bits per heavy atom. The standard InChI is InChI=1S/C20H25ClO3/c21-19-12-17(10-8-15(19)9-11-20(22)23)24-13-16-6-3-7-18(16)14-4-1-2-5-14/h8,10,12,14H,1-7,9,11,13H2,(H,22,23). The van der Waals surface area contributed by atoms with Crippen LogP contribution in [-0.4, -0.2) is 17.7 Å². The summed E-state index contributed by atoms with van der Waals surface area (Å²) in [5.41, 5.74) is 4.02. The quantitative estimate of drug-likeness (QED) is 0.670. The van der Waals surface area contributed by atoms with Gasteiger partial charge in [0.1, 0.15) is 12.4 Å². The average molecular weight is 349 g/mol. The number of rotatable bonds is 7. The Hall–Kier alpha value is -1.48. The fourth-order valence-electron chi connectivity index (χ4n) is 3.99. The number of hydrogen-bond donors (Lipinski definition) is 1. The third kappa shape index (κ3) is 4.32. The summed E-state index contributed by atoms with van der Waals surface area (Å²) in [5, 5.41) is 9.36. The Morgan fingerprint density at radius 2 is 2.00 bits per heavy atom. The van der Waals surface area contributed by atoms with Crippen molar-refractivity contribution in [1.82, 2.24) is 0 Å². The number of ether oxygens (including phenoxy) is 1. The van der Waals surface area contributed by atoms with Crippen LogP contribution < -0.4 is 4.74 Å². The molecule has 4 heteroatoms. The van der Waals surface area contributed by atoms with Crippen molar-refractivity contribution in [2.75, 3.05) is 6.61 Å². The summed E-state index contributed by atoms with van der Waals surface area (Å²) < 4.78 is 5.98. The Balaban J connectivity index is 1.60. The van der Waals surface area contributed by atoms with Crippen LogP contribution in [0.5, 0.6) is 5.75 Å². The van der Waals surface area contributed by atoms with Gasteiger partial charge in [-0.05, 0) is 67.7 Å². The van der Waals surface area contributed by atoms with E-state index in [-0.39, 0.29) is 6.42 Å².